The molecule has 3 heterocycles. The van der Waals surface area contributed by atoms with Crippen molar-refractivity contribution in [1.29, 1.82) is 0 Å². The van der Waals surface area contributed by atoms with Gasteiger partial charge in [-0.2, -0.15) is 0 Å². The first-order valence-corrected chi connectivity index (χ1v) is 9.96. The molecule has 0 saturated carbocycles. The molecule has 4 nitrogen and oxygen atoms in total. The Morgan fingerprint density at radius 2 is 1.92 bits per heavy atom. The van der Waals surface area contributed by atoms with Crippen LogP contribution < -0.4 is 0 Å². The maximum absolute atomic E-state index is 12.4. The molecule has 1 aliphatic heterocycles. The van der Waals surface area contributed by atoms with Crippen LogP contribution >= 0.6 is 22.9 Å². The molecule has 4 rings (SSSR count). The highest BCUT2D eigenvalue weighted by molar-refractivity contribution is 7.15. The number of fused-ring (bicyclic) bond motifs is 1. The molecule has 6 heteroatoms. The SMILES string of the molecule is O=C(CCc1csc2nc(-c3ccc(Cl)cc3)cn12)N1CCCCC1. The van der Waals surface area contributed by atoms with Crippen LogP contribution in [0.25, 0.3) is 16.2 Å². The number of halogens is 1. The third-order valence-electron chi connectivity index (χ3n) is 4.73. The van der Waals surface area contributed by atoms with Crippen LogP contribution in [0.4, 0.5) is 0 Å². The van der Waals surface area contributed by atoms with Crippen LogP contribution in [0.3, 0.4) is 0 Å². The molecule has 25 heavy (non-hydrogen) atoms. The highest BCUT2D eigenvalue weighted by atomic mass is 35.5. The summed E-state index contributed by atoms with van der Waals surface area (Å²) in [6.45, 7) is 1.84. The number of hydrogen-bond acceptors (Lipinski definition) is 3. The molecular formula is C19H20ClN3OS. The lowest BCUT2D eigenvalue weighted by atomic mass is 10.1. The van der Waals surface area contributed by atoms with Gasteiger partial charge in [0, 0.05) is 47.4 Å². The second-order valence-electron chi connectivity index (χ2n) is 6.45. The Bertz CT molecular complexity index is 878. The molecule has 0 atom stereocenters. The Balaban J connectivity index is 1.48. The zero-order chi connectivity index (χ0) is 17.2. The Morgan fingerprint density at radius 1 is 1.16 bits per heavy atom. The molecule has 2 aromatic heterocycles. The van der Waals surface area contributed by atoms with E-state index >= 15 is 0 Å². The minimum Gasteiger partial charge on any atom is -0.343 e. The number of benzene rings is 1. The number of amides is 1. The van der Waals surface area contributed by atoms with E-state index in [4.69, 9.17) is 16.6 Å². The number of aryl methyl sites for hydroxylation is 1. The molecule has 1 fully saturated rings. The summed E-state index contributed by atoms with van der Waals surface area (Å²) in [5, 5.41) is 2.83. The van der Waals surface area contributed by atoms with Crippen molar-refractivity contribution < 1.29 is 4.79 Å². The minimum absolute atomic E-state index is 0.275. The van der Waals surface area contributed by atoms with E-state index in [-0.39, 0.29) is 5.91 Å². The molecule has 1 aromatic carbocycles. The first-order valence-electron chi connectivity index (χ1n) is 8.70. The van der Waals surface area contributed by atoms with Crippen LogP contribution in [0.5, 0.6) is 0 Å². The fourth-order valence-corrected chi connectivity index (χ4v) is 4.34. The maximum atomic E-state index is 12.4. The summed E-state index contributed by atoms with van der Waals surface area (Å²) < 4.78 is 2.11. The monoisotopic (exact) mass is 373 g/mol. The van der Waals surface area contributed by atoms with Gasteiger partial charge in [0.25, 0.3) is 0 Å². The number of aromatic nitrogens is 2. The number of nitrogens with zero attached hydrogens (tertiary/aromatic N) is 3. The lowest BCUT2D eigenvalue weighted by Gasteiger charge is -2.26. The average Bonchev–Trinajstić information content (AvgIpc) is 3.22. The molecule has 0 N–H and O–H groups in total. The van der Waals surface area contributed by atoms with E-state index in [0.29, 0.717) is 6.42 Å². The van der Waals surface area contributed by atoms with Gasteiger partial charge in [0.2, 0.25) is 5.91 Å². The van der Waals surface area contributed by atoms with Gasteiger partial charge in [-0.3, -0.25) is 9.20 Å². The van der Waals surface area contributed by atoms with Crippen molar-refractivity contribution in [2.45, 2.75) is 32.1 Å². The topological polar surface area (TPSA) is 37.6 Å². The van der Waals surface area contributed by atoms with Crippen molar-refractivity contribution in [2.75, 3.05) is 13.1 Å². The molecule has 3 aromatic rings. The zero-order valence-corrected chi connectivity index (χ0v) is 15.5. The lowest BCUT2D eigenvalue weighted by molar-refractivity contribution is -0.132. The third kappa shape index (κ3) is 3.58. The summed E-state index contributed by atoms with van der Waals surface area (Å²) in [7, 11) is 0. The molecule has 0 spiro atoms. The largest absolute Gasteiger partial charge is 0.343 e. The number of carbonyl (C=O) groups excluding carboxylic acids is 1. The van der Waals surface area contributed by atoms with Gasteiger partial charge in [-0.05, 0) is 37.8 Å². The lowest BCUT2D eigenvalue weighted by Crippen LogP contribution is -2.35. The highest BCUT2D eigenvalue weighted by Gasteiger charge is 2.17. The van der Waals surface area contributed by atoms with Crippen molar-refractivity contribution in [3.8, 4) is 11.3 Å². The molecule has 1 amide bonds. The fraction of sp³-hybridized carbons (Fsp3) is 0.368. The molecule has 0 aliphatic carbocycles. The number of rotatable bonds is 4. The highest BCUT2D eigenvalue weighted by Crippen LogP contribution is 2.25. The Labute approximate surface area is 156 Å². The summed E-state index contributed by atoms with van der Waals surface area (Å²) in [6.07, 6.45) is 6.90. The van der Waals surface area contributed by atoms with E-state index in [0.717, 1.165) is 59.3 Å². The summed E-state index contributed by atoms with van der Waals surface area (Å²) in [4.78, 5) is 20.1. The molecule has 0 radical (unpaired) electrons. The Hall–Kier alpha value is -1.85. The second-order valence-corrected chi connectivity index (χ2v) is 7.73. The molecule has 130 valence electrons. The van der Waals surface area contributed by atoms with Gasteiger partial charge in [-0.25, -0.2) is 4.98 Å². The van der Waals surface area contributed by atoms with Crippen LogP contribution in [0.15, 0.2) is 35.8 Å². The van der Waals surface area contributed by atoms with E-state index in [1.807, 2.05) is 29.2 Å². The van der Waals surface area contributed by atoms with Crippen LogP contribution in [0.2, 0.25) is 5.02 Å². The molecule has 1 aliphatic rings. The van der Waals surface area contributed by atoms with Gasteiger partial charge in [0.05, 0.1) is 5.69 Å². The normalized spacial score (nSPS) is 15.0. The summed E-state index contributed by atoms with van der Waals surface area (Å²) >= 11 is 7.58. The van der Waals surface area contributed by atoms with E-state index in [1.165, 1.54) is 6.42 Å². The van der Waals surface area contributed by atoms with Crippen molar-refractivity contribution in [3.63, 3.8) is 0 Å². The summed E-state index contributed by atoms with van der Waals surface area (Å²) in [6, 6.07) is 7.72. The van der Waals surface area contributed by atoms with Gasteiger partial charge in [0.15, 0.2) is 4.96 Å². The van der Waals surface area contributed by atoms with E-state index in [1.54, 1.807) is 11.3 Å². The number of hydrogen-bond donors (Lipinski definition) is 0. The van der Waals surface area contributed by atoms with Gasteiger partial charge in [0.1, 0.15) is 0 Å². The maximum Gasteiger partial charge on any atom is 0.222 e. The number of imidazole rings is 1. The van der Waals surface area contributed by atoms with Crippen LogP contribution in [0, 0.1) is 0 Å². The summed E-state index contributed by atoms with van der Waals surface area (Å²) in [5.41, 5.74) is 3.14. The number of piperidine rings is 1. The van der Waals surface area contributed by atoms with Crippen molar-refractivity contribution in [2.24, 2.45) is 0 Å². The molecular weight excluding hydrogens is 354 g/mol. The van der Waals surface area contributed by atoms with Gasteiger partial charge >= 0.3 is 0 Å². The average molecular weight is 374 g/mol. The zero-order valence-electron chi connectivity index (χ0n) is 13.9. The first kappa shape index (κ1) is 16.6. The summed E-state index contributed by atoms with van der Waals surface area (Å²) in [5.74, 6) is 0.275. The van der Waals surface area contributed by atoms with Crippen LogP contribution in [0.1, 0.15) is 31.4 Å². The van der Waals surface area contributed by atoms with E-state index < -0.39 is 0 Å². The quantitative estimate of drug-likeness (QED) is 0.666. The minimum atomic E-state index is 0.275. The predicted molar refractivity (Wildman–Crippen MR) is 102 cm³/mol. The predicted octanol–water partition coefficient (Wildman–Crippen LogP) is 4.66. The fourth-order valence-electron chi connectivity index (χ4n) is 3.31. The van der Waals surface area contributed by atoms with Crippen LogP contribution in [-0.2, 0) is 11.2 Å². The van der Waals surface area contributed by atoms with Crippen LogP contribution in [-0.4, -0.2) is 33.3 Å². The van der Waals surface area contributed by atoms with Crippen molar-refractivity contribution in [3.05, 3.63) is 46.6 Å². The Kier molecular flexibility index (Phi) is 4.77. The third-order valence-corrected chi connectivity index (χ3v) is 5.87. The van der Waals surface area contributed by atoms with Crippen molar-refractivity contribution >= 4 is 33.8 Å². The van der Waals surface area contributed by atoms with E-state index in [9.17, 15) is 4.79 Å². The first-order chi connectivity index (χ1) is 12.2. The van der Waals surface area contributed by atoms with Gasteiger partial charge in [-0.1, -0.05) is 23.7 Å². The molecule has 0 bridgehead atoms. The van der Waals surface area contributed by atoms with Crippen molar-refractivity contribution in [1.82, 2.24) is 14.3 Å². The number of thiazole rings is 1. The number of likely N-dealkylation sites (tertiary alicyclic amines) is 1. The second kappa shape index (κ2) is 7.18. The molecule has 0 unspecified atom stereocenters. The number of carbonyl (C=O) groups is 1. The standard InChI is InChI=1S/C19H20ClN3OS/c20-15-6-4-14(5-7-15)17-12-23-16(13-25-19(23)21-17)8-9-18(24)22-10-2-1-3-11-22/h4-7,12-13H,1-3,8-11H2. The Morgan fingerprint density at radius 3 is 2.68 bits per heavy atom. The van der Waals surface area contributed by atoms with Gasteiger partial charge in [-0.15, -0.1) is 11.3 Å². The molecule has 1 saturated heterocycles. The smallest absolute Gasteiger partial charge is 0.222 e. The van der Waals surface area contributed by atoms with Gasteiger partial charge < -0.3 is 4.90 Å². The van der Waals surface area contributed by atoms with E-state index in [2.05, 4.69) is 16.0 Å².